The number of carboxylic acid groups (broad SMARTS) is 1. The minimum absolute atomic E-state index is 0.0279. The van der Waals surface area contributed by atoms with Gasteiger partial charge in [0, 0.05) is 40.5 Å². The number of benzene rings is 2. The number of nitrogens with one attached hydrogen (secondary N) is 2. The second kappa shape index (κ2) is 10.3. The molecule has 1 aromatic heterocycles. The molecule has 1 amide bonds. The Kier molecular flexibility index (Phi) is 7.46. The number of nitro groups is 1. The van der Waals surface area contributed by atoms with Crippen molar-refractivity contribution in [1.29, 1.82) is 0 Å². The van der Waals surface area contributed by atoms with E-state index < -0.39 is 22.5 Å². The fourth-order valence-corrected chi connectivity index (χ4v) is 3.85. The number of aromatic amines is 1. The predicted molar refractivity (Wildman–Crippen MR) is 123 cm³/mol. The van der Waals surface area contributed by atoms with Crippen LogP contribution in [0.25, 0.3) is 0 Å². The highest BCUT2D eigenvalue weighted by atomic mass is 35.5. The smallest absolute Gasteiger partial charge is 0.336 e. The summed E-state index contributed by atoms with van der Waals surface area (Å²) in [5.74, 6) is -2.09. The lowest BCUT2D eigenvalue weighted by Gasteiger charge is -2.09. The maximum absolute atomic E-state index is 12.5. The van der Waals surface area contributed by atoms with E-state index in [-0.39, 0.29) is 27.7 Å². The van der Waals surface area contributed by atoms with E-state index in [0.29, 0.717) is 22.7 Å². The van der Waals surface area contributed by atoms with Gasteiger partial charge in [0.1, 0.15) is 0 Å². The Morgan fingerprint density at radius 2 is 2.00 bits per heavy atom. The van der Waals surface area contributed by atoms with Crippen molar-refractivity contribution >= 4 is 46.6 Å². The fraction of sp³-hybridized carbons (Fsp3) is 0.143. The van der Waals surface area contributed by atoms with E-state index in [1.165, 1.54) is 0 Å². The first kappa shape index (κ1) is 24.0. The minimum Gasteiger partial charge on any atom is -0.478 e. The van der Waals surface area contributed by atoms with Gasteiger partial charge < -0.3 is 15.4 Å². The average molecular weight is 489 g/mol. The number of hydrogen-bond donors (Lipinski definition) is 3. The molecule has 0 atom stereocenters. The Morgan fingerprint density at radius 1 is 1.27 bits per heavy atom. The van der Waals surface area contributed by atoms with Gasteiger partial charge in [-0.3, -0.25) is 19.7 Å². The third-order valence-corrected chi connectivity index (χ3v) is 5.77. The molecule has 0 saturated carbocycles. The van der Waals surface area contributed by atoms with Crippen LogP contribution in [0.15, 0.2) is 52.4 Å². The fourth-order valence-electron chi connectivity index (χ4n) is 2.94. The Morgan fingerprint density at radius 3 is 2.64 bits per heavy atom. The summed E-state index contributed by atoms with van der Waals surface area (Å²) in [5.41, 5.74) is 0.555. The Bertz CT molecular complexity index is 1280. The third-order valence-electron chi connectivity index (χ3n) is 4.52. The number of amides is 1. The van der Waals surface area contributed by atoms with Crippen molar-refractivity contribution < 1.29 is 19.6 Å². The van der Waals surface area contributed by atoms with Gasteiger partial charge in [0.25, 0.3) is 11.2 Å². The Hall–Kier alpha value is -3.70. The number of carboxylic acids is 1. The predicted octanol–water partition coefficient (Wildman–Crippen LogP) is 3.66. The molecule has 0 aliphatic rings. The zero-order chi connectivity index (χ0) is 24.1. The molecule has 0 unspecified atom stereocenters. The summed E-state index contributed by atoms with van der Waals surface area (Å²) < 4.78 is 0. The maximum atomic E-state index is 12.5. The monoisotopic (exact) mass is 488 g/mol. The number of anilines is 1. The zero-order valence-corrected chi connectivity index (χ0v) is 18.7. The molecule has 10 nitrogen and oxygen atoms in total. The van der Waals surface area contributed by atoms with Gasteiger partial charge in [-0.25, -0.2) is 9.78 Å². The largest absolute Gasteiger partial charge is 0.478 e. The number of nitro benzene ring substituents is 1. The van der Waals surface area contributed by atoms with E-state index in [0.717, 1.165) is 35.5 Å². The molecule has 0 bridgehead atoms. The van der Waals surface area contributed by atoms with Crippen molar-refractivity contribution in [2.75, 3.05) is 11.1 Å². The molecule has 0 aliphatic carbocycles. The lowest BCUT2D eigenvalue weighted by atomic mass is 10.1. The van der Waals surface area contributed by atoms with Crippen LogP contribution in [-0.4, -0.2) is 37.6 Å². The van der Waals surface area contributed by atoms with Gasteiger partial charge >= 0.3 is 5.97 Å². The average Bonchev–Trinajstić information content (AvgIpc) is 2.75. The van der Waals surface area contributed by atoms with Crippen molar-refractivity contribution in [3.8, 4) is 0 Å². The highest BCUT2D eigenvalue weighted by Crippen LogP contribution is 2.22. The molecular formula is C21H17ClN4O6S. The van der Waals surface area contributed by atoms with Gasteiger partial charge in [-0.1, -0.05) is 41.6 Å². The van der Waals surface area contributed by atoms with Crippen LogP contribution < -0.4 is 10.9 Å². The maximum Gasteiger partial charge on any atom is 0.336 e. The first-order valence-corrected chi connectivity index (χ1v) is 10.8. The highest BCUT2D eigenvalue weighted by Gasteiger charge is 2.16. The summed E-state index contributed by atoms with van der Waals surface area (Å²) in [5, 5.41) is 23.3. The minimum atomic E-state index is -1.36. The molecule has 0 saturated heterocycles. The van der Waals surface area contributed by atoms with E-state index in [1.807, 2.05) is 12.1 Å². The molecule has 3 aromatic rings. The number of rotatable bonds is 8. The number of H-pyrrole nitrogens is 1. The number of non-ortho nitro benzene ring substituents is 1. The lowest BCUT2D eigenvalue weighted by Crippen LogP contribution is -2.19. The highest BCUT2D eigenvalue weighted by molar-refractivity contribution is 7.99. The van der Waals surface area contributed by atoms with Crippen LogP contribution in [0.2, 0.25) is 5.02 Å². The van der Waals surface area contributed by atoms with Crippen LogP contribution >= 0.6 is 23.4 Å². The second-order valence-electron chi connectivity index (χ2n) is 6.87. The van der Waals surface area contributed by atoms with Crippen molar-refractivity contribution in [3.05, 3.63) is 90.3 Å². The topological polar surface area (TPSA) is 155 Å². The van der Waals surface area contributed by atoms with E-state index in [1.54, 1.807) is 19.1 Å². The molecule has 170 valence electrons. The molecule has 2 aromatic carbocycles. The number of halogens is 1. The van der Waals surface area contributed by atoms with Crippen LogP contribution in [0.4, 0.5) is 11.4 Å². The molecule has 0 fully saturated rings. The van der Waals surface area contributed by atoms with Crippen molar-refractivity contribution in [1.82, 2.24) is 9.97 Å². The van der Waals surface area contributed by atoms with E-state index in [9.17, 15) is 24.5 Å². The SMILES string of the molecule is Cc1nc(SCC(=O)Nc2cc(C(=O)O)cc([N+](=O)[O-])c2)[nH]c(=O)c1Cc1ccccc1Cl. The first-order chi connectivity index (χ1) is 15.6. The van der Waals surface area contributed by atoms with E-state index in [4.69, 9.17) is 16.7 Å². The summed E-state index contributed by atoms with van der Waals surface area (Å²) in [7, 11) is 0. The van der Waals surface area contributed by atoms with Crippen LogP contribution in [-0.2, 0) is 11.2 Å². The molecule has 0 radical (unpaired) electrons. The molecule has 3 N–H and O–H groups in total. The number of aromatic nitrogens is 2. The molecule has 12 heteroatoms. The van der Waals surface area contributed by atoms with Crippen molar-refractivity contribution in [2.45, 2.75) is 18.5 Å². The molecule has 0 spiro atoms. The van der Waals surface area contributed by atoms with Gasteiger partial charge in [-0.2, -0.15) is 0 Å². The molecule has 3 rings (SSSR count). The van der Waals surface area contributed by atoms with Crippen molar-refractivity contribution in [2.24, 2.45) is 0 Å². The summed E-state index contributed by atoms with van der Waals surface area (Å²) >= 11 is 7.12. The quantitative estimate of drug-likeness (QED) is 0.188. The summed E-state index contributed by atoms with van der Waals surface area (Å²) in [4.78, 5) is 53.2. The van der Waals surface area contributed by atoms with E-state index in [2.05, 4.69) is 15.3 Å². The molecule has 33 heavy (non-hydrogen) atoms. The van der Waals surface area contributed by atoms with Crippen LogP contribution in [0.1, 0.15) is 27.2 Å². The van der Waals surface area contributed by atoms with E-state index >= 15 is 0 Å². The zero-order valence-electron chi connectivity index (χ0n) is 17.1. The van der Waals surface area contributed by atoms with Crippen molar-refractivity contribution in [3.63, 3.8) is 0 Å². The van der Waals surface area contributed by atoms with Gasteiger partial charge in [-0.15, -0.1) is 0 Å². The molecule has 1 heterocycles. The number of carbonyl (C=O) groups excluding carboxylic acids is 1. The third kappa shape index (κ3) is 6.18. The second-order valence-corrected chi connectivity index (χ2v) is 8.24. The number of carbonyl (C=O) groups is 2. The van der Waals surface area contributed by atoms with Gasteiger partial charge in [0.15, 0.2) is 5.16 Å². The van der Waals surface area contributed by atoms with Gasteiger partial charge in [-0.05, 0) is 24.6 Å². The molecular weight excluding hydrogens is 472 g/mol. The number of aromatic carboxylic acids is 1. The number of thioether (sulfide) groups is 1. The Balaban J connectivity index is 1.70. The van der Waals surface area contributed by atoms with Crippen LogP contribution in [0, 0.1) is 17.0 Å². The van der Waals surface area contributed by atoms with Gasteiger partial charge in [0.2, 0.25) is 5.91 Å². The normalized spacial score (nSPS) is 10.6. The van der Waals surface area contributed by atoms with Crippen LogP contribution in [0.3, 0.4) is 0 Å². The Labute approximate surface area is 196 Å². The molecule has 0 aliphatic heterocycles. The van der Waals surface area contributed by atoms with Gasteiger partial charge in [0.05, 0.1) is 16.2 Å². The number of aryl methyl sites for hydroxylation is 1. The summed E-state index contributed by atoms with van der Waals surface area (Å²) in [6.07, 6.45) is 0.304. The number of nitrogens with zero attached hydrogens (tertiary/aromatic N) is 2. The standard InChI is InChI=1S/C21H17ClN4O6S/c1-11-16(8-12-4-2-3-5-17(12)22)19(28)25-21(23-11)33-10-18(27)24-14-6-13(20(29)30)7-15(9-14)26(31)32/h2-7,9H,8,10H2,1H3,(H,24,27)(H,29,30)(H,23,25,28). The first-order valence-electron chi connectivity index (χ1n) is 9.42. The summed E-state index contributed by atoms with van der Waals surface area (Å²) in [6, 6.07) is 10.2. The summed E-state index contributed by atoms with van der Waals surface area (Å²) in [6.45, 7) is 1.68. The van der Waals surface area contributed by atoms with Crippen LogP contribution in [0.5, 0.6) is 0 Å². The lowest BCUT2D eigenvalue weighted by molar-refractivity contribution is -0.384. The number of hydrogen-bond acceptors (Lipinski definition) is 7.